The van der Waals surface area contributed by atoms with E-state index in [1.54, 1.807) is 23.3 Å². The van der Waals surface area contributed by atoms with Crippen molar-refractivity contribution in [2.45, 2.75) is 40.5 Å². The quantitative estimate of drug-likeness (QED) is 0.395. The zero-order valence-corrected chi connectivity index (χ0v) is 20.4. The van der Waals surface area contributed by atoms with E-state index in [4.69, 9.17) is 0 Å². The predicted molar refractivity (Wildman–Crippen MR) is 107 cm³/mol. The SMILES string of the molecule is CC(C)C1=[C-]CC=C1.CC(C)C1=[C-]CC=C1.Cl.Cl.[CH3-].[CH3-].[SiH2]=[Zr]. The van der Waals surface area contributed by atoms with Crippen LogP contribution in [0.4, 0.5) is 0 Å². The molecule has 0 aromatic heterocycles. The monoisotopic (exact) mass is 436 g/mol. The van der Waals surface area contributed by atoms with Crippen LogP contribution in [0.1, 0.15) is 40.5 Å². The van der Waals surface area contributed by atoms with Gasteiger partial charge in [-0.1, -0.05) is 39.5 Å². The minimum atomic E-state index is 0. The van der Waals surface area contributed by atoms with E-state index in [2.05, 4.69) is 64.2 Å². The standard InChI is InChI=1S/2C8H11.2CH3.2ClH.H2Si.Zr/c2*1-7(2)8-5-3-4-6-8;;;;;;/h2*3,5,7H,4H2,1-2H3;2*1H3;2*1H;1H2;/q4*-1;;;;. The summed E-state index contributed by atoms with van der Waals surface area (Å²) >= 11 is 1.58. The molecule has 0 aromatic carbocycles. The van der Waals surface area contributed by atoms with Gasteiger partial charge in [0.25, 0.3) is 0 Å². The third-order valence-corrected chi connectivity index (χ3v) is 2.69. The van der Waals surface area contributed by atoms with Crippen LogP contribution in [0.2, 0.25) is 0 Å². The molecule has 0 spiro atoms. The normalized spacial score (nSPS) is 13.0. The molecule has 0 N–H and O–H groups in total. The first kappa shape index (κ1) is 34.1. The molecule has 0 radical (unpaired) electrons. The number of halogens is 2. The van der Waals surface area contributed by atoms with Gasteiger partial charge in [-0.15, -0.1) is 37.7 Å². The van der Waals surface area contributed by atoms with Crippen molar-refractivity contribution in [3.8, 4) is 0 Å². The van der Waals surface area contributed by atoms with Crippen molar-refractivity contribution in [2.24, 2.45) is 11.8 Å². The van der Waals surface area contributed by atoms with Crippen LogP contribution in [0.15, 0.2) is 35.5 Å². The minimum absolute atomic E-state index is 0. The third kappa shape index (κ3) is 15.5. The van der Waals surface area contributed by atoms with Gasteiger partial charge in [-0.2, -0.15) is 12.2 Å². The second kappa shape index (κ2) is 21.6. The van der Waals surface area contributed by atoms with E-state index in [1.807, 2.05) is 6.88 Å². The fourth-order valence-electron chi connectivity index (χ4n) is 1.64. The fourth-order valence-corrected chi connectivity index (χ4v) is 1.64. The van der Waals surface area contributed by atoms with Crippen LogP contribution in [0.3, 0.4) is 0 Å². The van der Waals surface area contributed by atoms with Gasteiger partial charge in [-0.25, -0.2) is 23.3 Å². The van der Waals surface area contributed by atoms with Crippen LogP contribution in [-0.2, 0) is 23.3 Å². The van der Waals surface area contributed by atoms with Crippen molar-refractivity contribution in [3.63, 3.8) is 0 Å². The Bertz CT molecular complexity index is 322. The number of hydrogen-bond donors (Lipinski definition) is 0. The predicted octanol–water partition coefficient (Wildman–Crippen LogP) is 5.49. The fraction of sp³-hybridized carbons (Fsp3) is 0.444. The summed E-state index contributed by atoms with van der Waals surface area (Å²) in [5.41, 5.74) is 2.73. The van der Waals surface area contributed by atoms with E-state index in [-0.39, 0.29) is 39.7 Å². The molecule has 0 nitrogen and oxygen atoms in total. The summed E-state index contributed by atoms with van der Waals surface area (Å²) in [4.78, 5) is 0. The van der Waals surface area contributed by atoms with E-state index in [0.29, 0.717) is 11.8 Å². The molecule has 0 bridgehead atoms. The average Bonchev–Trinajstić information content (AvgIpc) is 3.06. The second-order valence-corrected chi connectivity index (χ2v) is 4.79. The van der Waals surface area contributed by atoms with Gasteiger partial charge in [-0.05, 0) is 0 Å². The summed E-state index contributed by atoms with van der Waals surface area (Å²) < 4.78 is 0. The summed E-state index contributed by atoms with van der Waals surface area (Å²) in [5.74, 6) is 1.32. The van der Waals surface area contributed by atoms with Crippen molar-refractivity contribution in [1.82, 2.24) is 0 Å². The van der Waals surface area contributed by atoms with Crippen LogP contribution in [0.5, 0.6) is 0 Å². The molecule has 130 valence electrons. The summed E-state index contributed by atoms with van der Waals surface area (Å²) in [7, 11) is 0. The average molecular weight is 439 g/mol. The molecule has 0 unspecified atom stereocenters. The summed E-state index contributed by atoms with van der Waals surface area (Å²) in [5, 5.41) is 0. The van der Waals surface area contributed by atoms with E-state index in [0.717, 1.165) is 12.8 Å². The Morgan fingerprint density at radius 2 is 1.09 bits per heavy atom. The van der Waals surface area contributed by atoms with Gasteiger partial charge in [0.15, 0.2) is 0 Å². The Morgan fingerprint density at radius 1 is 0.818 bits per heavy atom. The molecule has 4 heteroatoms. The zero-order valence-electron chi connectivity index (χ0n) is 14.9. The van der Waals surface area contributed by atoms with Crippen LogP contribution in [0.25, 0.3) is 0 Å². The van der Waals surface area contributed by atoms with E-state index >= 15 is 0 Å². The first-order chi connectivity index (χ1) is 8.61. The number of rotatable bonds is 2. The number of hydrogen-bond acceptors (Lipinski definition) is 0. The van der Waals surface area contributed by atoms with Crippen molar-refractivity contribution < 1.29 is 23.3 Å². The summed E-state index contributed by atoms with van der Waals surface area (Å²) in [6, 6.07) is 0. The van der Waals surface area contributed by atoms with Gasteiger partial charge >= 0.3 is 30.2 Å². The van der Waals surface area contributed by atoms with E-state index in [1.165, 1.54) is 11.1 Å². The van der Waals surface area contributed by atoms with E-state index < -0.39 is 0 Å². The Morgan fingerprint density at radius 3 is 1.18 bits per heavy atom. The van der Waals surface area contributed by atoms with Crippen LogP contribution in [0, 0.1) is 38.8 Å². The maximum atomic E-state index is 3.26. The Hall–Kier alpha value is 0.640. The molecule has 2 aliphatic carbocycles. The van der Waals surface area contributed by atoms with Gasteiger partial charge in [0, 0.05) is 0 Å². The summed E-state index contributed by atoms with van der Waals surface area (Å²) in [6.45, 7) is 10.7. The Kier molecular flexibility index (Phi) is 33.5. The molecule has 0 aromatic rings. The molecule has 0 saturated carbocycles. The Balaban J connectivity index is -0.0000000676. The number of allylic oxidation sites excluding steroid dienone is 8. The molecule has 0 aliphatic heterocycles. The van der Waals surface area contributed by atoms with Crippen molar-refractivity contribution in [3.05, 3.63) is 62.5 Å². The van der Waals surface area contributed by atoms with Crippen molar-refractivity contribution >= 4 is 31.7 Å². The second-order valence-electron chi connectivity index (χ2n) is 4.79. The maximum absolute atomic E-state index is 3.26. The molecule has 22 heavy (non-hydrogen) atoms. The molecule has 2 rings (SSSR count). The van der Waals surface area contributed by atoms with Crippen LogP contribution >= 0.6 is 24.8 Å². The van der Waals surface area contributed by atoms with Gasteiger partial charge in [-0.3, -0.25) is 12.2 Å². The van der Waals surface area contributed by atoms with Crippen LogP contribution < -0.4 is 0 Å². The zero-order chi connectivity index (χ0) is 14.0. The molecular weight excluding hydrogens is 406 g/mol. The molecule has 0 atom stereocenters. The van der Waals surface area contributed by atoms with Gasteiger partial charge < -0.3 is 14.9 Å². The summed E-state index contributed by atoms with van der Waals surface area (Å²) in [6.07, 6.45) is 17.2. The molecule has 0 amide bonds. The molecule has 0 fully saturated rings. The molecular formula is C18H32Cl2SiZr-4. The van der Waals surface area contributed by atoms with Gasteiger partial charge in [0.2, 0.25) is 0 Å². The third-order valence-electron chi connectivity index (χ3n) is 2.69. The molecule has 2 aliphatic rings. The van der Waals surface area contributed by atoms with Gasteiger partial charge in [0.05, 0.1) is 0 Å². The topological polar surface area (TPSA) is 0 Å². The Labute approximate surface area is 169 Å². The molecule has 0 heterocycles. The first-order valence-corrected chi connectivity index (χ1v) is 12.4. The van der Waals surface area contributed by atoms with Gasteiger partial charge in [0.1, 0.15) is 0 Å². The first-order valence-electron chi connectivity index (χ1n) is 6.51. The molecule has 0 saturated heterocycles. The van der Waals surface area contributed by atoms with Crippen molar-refractivity contribution in [2.75, 3.05) is 0 Å². The van der Waals surface area contributed by atoms with Crippen molar-refractivity contribution in [1.29, 1.82) is 0 Å². The van der Waals surface area contributed by atoms with Crippen LogP contribution in [-0.4, -0.2) is 6.88 Å². The van der Waals surface area contributed by atoms with E-state index in [9.17, 15) is 0 Å².